The molecule has 0 radical (unpaired) electrons. The Morgan fingerprint density at radius 2 is 2.12 bits per heavy atom. The highest BCUT2D eigenvalue weighted by Gasteiger charge is 2.23. The summed E-state index contributed by atoms with van der Waals surface area (Å²) in [5.74, 6) is 0. The minimum absolute atomic E-state index is 0.0404. The second kappa shape index (κ2) is 5.97. The fraction of sp³-hybridized carbons (Fsp3) is 0.455. The molecule has 90 valence electrons. The Kier molecular flexibility index (Phi) is 5.19. The Morgan fingerprint density at radius 1 is 1.50 bits per heavy atom. The molecule has 3 nitrogen and oxygen atoms in total. The van der Waals surface area contributed by atoms with Crippen molar-refractivity contribution in [2.24, 2.45) is 0 Å². The predicted molar refractivity (Wildman–Crippen MR) is 68.5 cm³/mol. The highest BCUT2D eigenvalue weighted by molar-refractivity contribution is 9.10. The van der Waals surface area contributed by atoms with E-state index in [0.717, 1.165) is 16.5 Å². The van der Waals surface area contributed by atoms with Crippen molar-refractivity contribution in [1.82, 2.24) is 0 Å². The summed E-state index contributed by atoms with van der Waals surface area (Å²) < 4.78 is 17.8. The summed E-state index contributed by atoms with van der Waals surface area (Å²) in [7, 11) is -3.54. The van der Waals surface area contributed by atoms with Crippen LogP contribution in [0.15, 0.2) is 28.7 Å². The van der Waals surface area contributed by atoms with E-state index >= 15 is 0 Å². The number of benzene rings is 1. The topological polar surface area (TPSA) is 46.5 Å². The molecule has 0 spiro atoms. The fourth-order valence-electron chi connectivity index (χ4n) is 1.23. The summed E-state index contributed by atoms with van der Waals surface area (Å²) in [5.41, 5.74) is 0.789. The zero-order chi connectivity index (χ0) is 12.2. The number of hydrogen-bond donors (Lipinski definition) is 1. The van der Waals surface area contributed by atoms with Gasteiger partial charge < -0.3 is 9.42 Å². The summed E-state index contributed by atoms with van der Waals surface area (Å²) in [5, 5.41) is 0. The summed E-state index contributed by atoms with van der Waals surface area (Å²) in [6, 6.07) is 7.36. The van der Waals surface area contributed by atoms with Gasteiger partial charge in [0.15, 0.2) is 0 Å². The first-order chi connectivity index (χ1) is 7.44. The van der Waals surface area contributed by atoms with Crippen LogP contribution in [0.2, 0.25) is 0 Å². The summed E-state index contributed by atoms with van der Waals surface area (Å²) in [6.45, 7) is 3.71. The third-order valence-electron chi connectivity index (χ3n) is 2.25. The lowest BCUT2D eigenvalue weighted by molar-refractivity contribution is 0.185. The second-order valence-electron chi connectivity index (χ2n) is 3.71. The van der Waals surface area contributed by atoms with E-state index in [0.29, 0.717) is 0 Å². The standard InChI is InChI=1S/C11H16BrO3P/c1-3-9(2)15-16(13,14)8-10-6-4-5-7-11(10)12/h4-7,9H,3,8H2,1-2H3,(H,13,14). The van der Waals surface area contributed by atoms with Crippen molar-refractivity contribution in [3.8, 4) is 0 Å². The molecule has 16 heavy (non-hydrogen) atoms. The SMILES string of the molecule is CCC(C)OP(=O)(O)Cc1ccccc1Br. The van der Waals surface area contributed by atoms with Gasteiger partial charge in [0, 0.05) is 4.47 Å². The molecule has 0 aliphatic carbocycles. The largest absolute Gasteiger partial charge is 0.332 e. The third-order valence-corrected chi connectivity index (χ3v) is 4.45. The first kappa shape index (κ1) is 13.9. The number of hydrogen-bond acceptors (Lipinski definition) is 2. The maximum Gasteiger partial charge on any atom is 0.332 e. The molecule has 2 atom stereocenters. The average molecular weight is 307 g/mol. The van der Waals surface area contributed by atoms with E-state index in [9.17, 15) is 9.46 Å². The molecule has 5 heteroatoms. The molecule has 2 unspecified atom stereocenters. The van der Waals surface area contributed by atoms with Gasteiger partial charge >= 0.3 is 7.60 Å². The molecule has 0 heterocycles. The molecule has 0 aliphatic rings. The quantitative estimate of drug-likeness (QED) is 0.838. The molecule has 0 saturated carbocycles. The first-order valence-electron chi connectivity index (χ1n) is 5.18. The van der Waals surface area contributed by atoms with Gasteiger partial charge in [-0.1, -0.05) is 41.1 Å². The van der Waals surface area contributed by atoms with Crippen LogP contribution in [-0.4, -0.2) is 11.0 Å². The van der Waals surface area contributed by atoms with Gasteiger partial charge in [-0.2, -0.15) is 0 Å². The van der Waals surface area contributed by atoms with Crippen LogP contribution in [0.25, 0.3) is 0 Å². The van der Waals surface area contributed by atoms with E-state index in [1.165, 1.54) is 0 Å². The van der Waals surface area contributed by atoms with Gasteiger partial charge in [-0.25, -0.2) is 0 Å². The van der Waals surface area contributed by atoms with Crippen molar-refractivity contribution in [2.75, 3.05) is 0 Å². The van der Waals surface area contributed by atoms with Crippen LogP contribution in [0, 0.1) is 0 Å². The second-order valence-corrected chi connectivity index (χ2v) is 6.37. The van der Waals surface area contributed by atoms with Crippen LogP contribution >= 0.6 is 23.5 Å². The van der Waals surface area contributed by atoms with E-state index in [4.69, 9.17) is 4.52 Å². The Morgan fingerprint density at radius 3 is 2.69 bits per heavy atom. The molecule has 1 N–H and O–H groups in total. The monoisotopic (exact) mass is 306 g/mol. The van der Waals surface area contributed by atoms with Crippen molar-refractivity contribution < 1.29 is 14.0 Å². The van der Waals surface area contributed by atoms with Gasteiger partial charge in [0.25, 0.3) is 0 Å². The molecular weight excluding hydrogens is 291 g/mol. The van der Waals surface area contributed by atoms with Crippen LogP contribution in [0.1, 0.15) is 25.8 Å². The molecular formula is C11H16BrO3P. The smallest absolute Gasteiger partial charge is 0.324 e. The number of halogens is 1. The average Bonchev–Trinajstić information content (AvgIpc) is 2.20. The van der Waals surface area contributed by atoms with Crippen LogP contribution in [0.5, 0.6) is 0 Å². The zero-order valence-electron chi connectivity index (χ0n) is 9.39. The van der Waals surface area contributed by atoms with Crippen molar-refractivity contribution in [2.45, 2.75) is 32.5 Å². The van der Waals surface area contributed by atoms with E-state index in [2.05, 4.69) is 15.9 Å². The lowest BCUT2D eigenvalue weighted by Crippen LogP contribution is -2.05. The minimum Gasteiger partial charge on any atom is -0.324 e. The van der Waals surface area contributed by atoms with Gasteiger partial charge in [0.05, 0.1) is 12.3 Å². The van der Waals surface area contributed by atoms with Gasteiger partial charge in [-0.05, 0) is 25.0 Å². The lowest BCUT2D eigenvalue weighted by Gasteiger charge is -2.17. The van der Waals surface area contributed by atoms with Crippen LogP contribution in [-0.2, 0) is 15.3 Å². The number of rotatable bonds is 5. The van der Waals surface area contributed by atoms with Crippen LogP contribution < -0.4 is 0 Å². The van der Waals surface area contributed by atoms with Crippen molar-refractivity contribution in [3.63, 3.8) is 0 Å². The fourth-order valence-corrected chi connectivity index (χ4v) is 3.37. The van der Waals surface area contributed by atoms with E-state index in [-0.39, 0.29) is 12.3 Å². The Bertz CT molecular complexity index is 395. The van der Waals surface area contributed by atoms with Crippen molar-refractivity contribution >= 4 is 23.5 Å². The molecule has 0 aromatic heterocycles. The molecule has 0 amide bonds. The Labute approximate surface area is 104 Å². The van der Waals surface area contributed by atoms with E-state index in [1.54, 1.807) is 6.92 Å². The molecule has 1 aromatic rings. The molecule has 0 aliphatic heterocycles. The van der Waals surface area contributed by atoms with Gasteiger partial charge in [0.2, 0.25) is 0 Å². The summed E-state index contributed by atoms with van der Waals surface area (Å²) in [6.07, 6.45) is 0.567. The lowest BCUT2D eigenvalue weighted by atomic mass is 10.2. The van der Waals surface area contributed by atoms with Crippen LogP contribution in [0.3, 0.4) is 0 Å². The Hall–Kier alpha value is -0.150. The molecule has 1 aromatic carbocycles. The molecule has 0 fully saturated rings. The van der Waals surface area contributed by atoms with Gasteiger partial charge in [-0.3, -0.25) is 4.57 Å². The zero-order valence-corrected chi connectivity index (χ0v) is 11.9. The van der Waals surface area contributed by atoms with Crippen molar-refractivity contribution in [3.05, 3.63) is 34.3 Å². The van der Waals surface area contributed by atoms with Crippen LogP contribution in [0.4, 0.5) is 0 Å². The maximum absolute atomic E-state index is 11.8. The molecule has 0 saturated heterocycles. The van der Waals surface area contributed by atoms with E-state index < -0.39 is 7.60 Å². The van der Waals surface area contributed by atoms with Gasteiger partial charge in [-0.15, -0.1) is 0 Å². The summed E-state index contributed by atoms with van der Waals surface area (Å²) >= 11 is 3.34. The molecule has 0 bridgehead atoms. The predicted octanol–water partition coefficient (Wildman–Crippen LogP) is 3.95. The third kappa shape index (κ3) is 4.38. The van der Waals surface area contributed by atoms with Crippen molar-refractivity contribution in [1.29, 1.82) is 0 Å². The van der Waals surface area contributed by atoms with Gasteiger partial charge in [0.1, 0.15) is 0 Å². The minimum atomic E-state index is -3.54. The normalized spacial score (nSPS) is 16.8. The maximum atomic E-state index is 11.8. The highest BCUT2D eigenvalue weighted by Crippen LogP contribution is 2.48. The highest BCUT2D eigenvalue weighted by atomic mass is 79.9. The Balaban J connectivity index is 2.73. The summed E-state index contributed by atoms with van der Waals surface area (Å²) in [4.78, 5) is 9.71. The first-order valence-corrected chi connectivity index (χ1v) is 7.74. The molecule has 1 rings (SSSR count). The van der Waals surface area contributed by atoms with E-state index in [1.807, 2.05) is 31.2 Å².